The zero-order valence-electron chi connectivity index (χ0n) is 10.5. The van der Waals surface area contributed by atoms with Gasteiger partial charge in [0.05, 0.1) is 25.7 Å². The Morgan fingerprint density at radius 1 is 1.42 bits per heavy atom. The molecule has 3 N–H and O–H groups in total. The van der Waals surface area contributed by atoms with E-state index in [1.54, 1.807) is 0 Å². The number of hydrogen-bond acceptors (Lipinski definition) is 4. The molecule has 0 aliphatic carbocycles. The summed E-state index contributed by atoms with van der Waals surface area (Å²) in [4.78, 5) is 22.8. The van der Waals surface area contributed by atoms with E-state index in [1.165, 1.54) is 7.11 Å². The maximum atomic E-state index is 12.2. The van der Waals surface area contributed by atoms with E-state index < -0.39 is 37.7 Å². The summed E-state index contributed by atoms with van der Waals surface area (Å²) in [5, 5.41) is 19.5. The molecular weight excluding hydrogens is 266 g/mol. The minimum Gasteiger partial charge on any atom is -0.481 e. The smallest absolute Gasteiger partial charge is 0.317 e. The average molecular weight is 284 g/mol. The van der Waals surface area contributed by atoms with Gasteiger partial charge >= 0.3 is 12.0 Å². The number of methoxy groups -OCH3 is 1. The highest BCUT2D eigenvalue weighted by Gasteiger charge is 2.19. The predicted molar refractivity (Wildman–Crippen MR) is 61.1 cm³/mol. The van der Waals surface area contributed by atoms with Gasteiger partial charge in [0.2, 0.25) is 0 Å². The summed E-state index contributed by atoms with van der Waals surface area (Å²) in [7, 11) is 1.28. The van der Waals surface area contributed by atoms with Crippen LogP contribution >= 0.6 is 0 Å². The summed E-state index contributed by atoms with van der Waals surface area (Å²) >= 11 is 0. The van der Waals surface area contributed by atoms with Crippen molar-refractivity contribution < 1.29 is 33.3 Å². The maximum Gasteiger partial charge on any atom is 0.317 e. The Hall–Kier alpha value is -1.48. The van der Waals surface area contributed by atoms with Gasteiger partial charge in [-0.15, -0.1) is 0 Å². The molecule has 9 heteroatoms. The van der Waals surface area contributed by atoms with E-state index in [4.69, 9.17) is 14.9 Å². The number of hydrogen-bond donors (Lipinski definition) is 3. The maximum absolute atomic E-state index is 12.2. The van der Waals surface area contributed by atoms with Crippen molar-refractivity contribution in [1.82, 2.24) is 10.2 Å². The van der Waals surface area contributed by atoms with Crippen molar-refractivity contribution in [3.05, 3.63) is 0 Å². The first-order valence-corrected chi connectivity index (χ1v) is 5.57. The first-order valence-electron chi connectivity index (χ1n) is 5.57. The summed E-state index contributed by atoms with van der Waals surface area (Å²) in [6, 6.07) is -0.804. The Bertz CT molecular complexity index is 291. The first-order chi connectivity index (χ1) is 8.90. The van der Waals surface area contributed by atoms with Crippen LogP contribution in [0, 0.1) is 0 Å². The number of urea groups is 1. The molecule has 1 atom stereocenters. The lowest BCUT2D eigenvalue weighted by molar-refractivity contribution is -0.139. The molecular formula is C10H18F2N2O5. The summed E-state index contributed by atoms with van der Waals surface area (Å²) in [5.41, 5.74) is 0. The van der Waals surface area contributed by atoms with Crippen LogP contribution in [0.1, 0.15) is 6.42 Å². The van der Waals surface area contributed by atoms with Crippen LogP contribution < -0.4 is 5.32 Å². The molecule has 0 fully saturated rings. The molecule has 0 saturated carbocycles. The van der Waals surface area contributed by atoms with E-state index >= 15 is 0 Å². The number of rotatable bonds is 9. The van der Waals surface area contributed by atoms with Crippen LogP contribution in [0.2, 0.25) is 0 Å². The van der Waals surface area contributed by atoms with E-state index in [-0.39, 0.29) is 19.5 Å². The number of carboxylic acid groups (broad SMARTS) is 1. The quantitative estimate of drug-likeness (QED) is 0.542. The van der Waals surface area contributed by atoms with Crippen LogP contribution in [0.25, 0.3) is 0 Å². The van der Waals surface area contributed by atoms with Crippen molar-refractivity contribution in [3.63, 3.8) is 0 Å². The lowest BCUT2D eigenvalue weighted by atomic mass is 10.2. The molecule has 0 rings (SSSR count). The van der Waals surface area contributed by atoms with Crippen molar-refractivity contribution in [3.8, 4) is 0 Å². The minimum absolute atomic E-state index is 0.118. The summed E-state index contributed by atoms with van der Waals surface area (Å²) in [6.07, 6.45) is -3.77. The van der Waals surface area contributed by atoms with Gasteiger partial charge in [-0.05, 0) is 0 Å². The largest absolute Gasteiger partial charge is 0.481 e. The number of carbonyl (C=O) groups is 2. The van der Waals surface area contributed by atoms with Gasteiger partial charge in [0.15, 0.2) is 0 Å². The van der Waals surface area contributed by atoms with Gasteiger partial charge in [-0.2, -0.15) is 0 Å². The second kappa shape index (κ2) is 9.45. The third-order valence-corrected chi connectivity index (χ3v) is 2.23. The van der Waals surface area contributed by atoms with Crippen molar-refractivity contribution in [1.29, 1.82) is 0 Å². The van der Waals surface area contributed by atoms with Crippen LogP contribution in [0.15, 0.2) is 0 Å². The number of halogens is 2. The highest BCUT2D eigenvalue weighted by Crippen LogP contribution is 2.00. The minimum atomic E-state index is -2.71. The number of amides is 2. The van der Waals surface area contributed by atoms with Gasteiger partial charge in [-0.25, -0.2) is 13.6 Å². The number of nitrogens with zero attached hydrogens (tertiary/aromatic N) is 1. The topological polar surface area (TPSA) is 99.1 Å². The van der Waals surface area contributed by atoms with E-state index in [0.29, 0.717) is 0 Å². The second-order valence-electron chi connectivity index (χ2n) is 3.70. The van der Waals surface area contributed by atoms with Gasteiger partial charge in [-0.1, -0.05) is 0 Å². The third kappa shape index (κ3) is 8.27. The second-order valence-corrected chi connectivity index (χ2v) is 3.70. The number of ether oxygens (including phenoxy) is 1. The van der Waals surface area contributed by atoms with Crippen LogP contribution in [0.3, 0.4) is 0 Å². The van der Waals surface area contributed by atoms with Crippen LogP contribution in [-0.4, -0.2) is 73.0 Å². The Kier molecular flexibility index (Phi) is 8.71. The van der Waals surface area contributed by atoms with Crippen LogP contribution in [0.4, 0.5) is 13.6 Å². The van der Waals surface area contributed by atoms with Gasteiger partial charge < -0.3 is 25.2 Å². The number of carbonyl (C=O) groups excluding carboxylic acids is 1. The molecule has 1 unspecified atom stereocenters. The number of aliphatic hydroxyl groups excluding tert-OH is 1. The number of nitrogens with one attached hydrogen (secondary N) is 1. The van der Waals surface area contributed by atoms with Crippen molar-refractivity contribution >= 4 is 12.0 Å². The van der Waals surface area contributed by atoms with Crippen molar-refractivity contribution in [2.75, 3.05) is 33.4 Å². The lowest BCUT2D eigenvalue weighted by Crippen LogP contribution is -2.46. The monoisotopic (exact) mass is 284 g/mol. The number of carboxylic acids is 1. The Labute approximate surface area is 109 Å². The molecule has 0 aromatic carbocycles. The molecule has 0 aliphatic heterocycles. The fourth-order valence-corrected chi connectivity index (χ4v) is 1.31. The normalized spacial score (nSPS) is 12.3. The van der Waals surface area contributed by atoms with Gasteiger partial charge in [0.25, 0.3) is 6.43 Å². The van der Waals surface area contributed by atoms with E-state index in [0.717, 1.165) is 4.90 Å². The summed E-state index contributed by atoms with van der Waals surface area (Å²) < 4.78 is 29.2. The average Bonchev–Trinajstić information content (AvgIpc) is 2.32. The fourth-order valence-electron chi connectivity index (χ4n) is 1.31. The lowest BCUT2D eigenvalue weighted by Gasteiger charge is -2.23. The number of aliphatic hydroxyl groups is 1. The molecule has 112 valence electrons. The molecule has 7 nitrogen and oxygen atoms in total. The zero-order valence-corrected chi connectivity index (χ0v) is 10.5. The van der Waals surface area contributed by atoms with Crippen LogP contribution in [-0.2, 0) is 9.53 Å². The summed E-state index contributed by atoms with van der Waals surface area (Å²) in [6.45, 7) is -1.59. The van der Waals surface area contributed by atoms with E-state index in [2.05, 4.69) is 5.32 Å². The van der Waals surface area contributed by atoms with Crippen molar-refractivity contribution in [2.45, 2.75) is 19.0 Å². The molecule has 0 aromatic rings. The molecule has 0 heterocycles. The first kappa shape index (κ1) is 17.5. The highest BCUT2D eigenvalue weighted by atomic mass is 19.3. The number of aliphatic carboxylic acids is 1. The highest BCUT2D eigenvalue weighted by molar-refractivity contribution is 5.74. The predicted octanol–water partition coefficient (Wildman–Crippen LogP) is -0.255. The molecule has 0 aliphatic rings. The summed E-state index contributed by atoms with van der Waals surface area (Å²) in [5.74, 6) is -1.10. The molecule has 0 saturated heterocycles. The van der Waals surface area contributed by atoms with E-state index in [1.807, 2.05) is 0 Å². The van der Waals surface area contributed by atoms with Gasteiger partial charge in [0.1, 0.15) is 0 Å². The molecule has 0 spiro atoms. The number of alkyl halides is 2. The zero-order chi connectivity index (χ0) is 14.8. The Morgan fingerprint density at radius 3 is 2.47 bits per heavy atom. The van der Waals surface area contributed by atoms with Gasteiger partial charge in [0, 0.05) is 20.2 Å². The Morgan fingerprint density at radius 2 is 2.05 bits per heavy atom. The standard InChI is InChI=1S/C10H18F2N2O5/c1-19-7(4-9(16)17)5-13-10(18)14(2-3-15)6-8(11)12/h7-8,15H,2-6H2,1H3,(H,13,18)(H,16,17). The molecule has 0 radical (unpaired) electrons. The molecule has 2 amide bonds. The van der Waals surface area contributed by atoms with Gasteiger partial charge in [-0.3, -0.25) is 4.79 Å². The molecule has 0 aromatic heterocycles. The fraction of sp³-hybridized carbons (Fsp3) is 0.800. The van der Waals surface area contributed by atoms with Crippen LogP contribution in [0.5, 0.6) is 0 Å². The SMILES string of the molecule is COC(CNC(=O)N(CCO)CC(F)F)CC(=O)O. The van der Waals surface area contributed by atoms with Crippen molar-refractivity contribution in [2.24, 2.45) is 0 Å². The molecule has 0 bridgehead atoms. The Balaban J connectivity index is 4.26. The van der Waals surface area contributed by atoms with E-state index in [9.17, 15) is 18.4 Å². The third-order valence-electron chi connectivity index (χ3n) is 2.23. The molecule has 19 heavy (non-hydrogen) atoms.